The standard InChI is InChI=1S/C10H15N3O5S/c1-12-6-8(5-11-12)19(15,16)13-3-4-18-9(7-13)10(14)17-2/h5-6,9H,3-4,7H2,1-2H3. The van der Waals surface area contributed by atoms with Gasteiger partial charge in [-0.05, 0) is 0 Å². The molecule has 2 rings (SSSR count). The third kappa shape index (κ3) is 2.77. The van der Waals surface area contributed by atoms with Crippen LogP contribution in [0.25, 0.3) is 0 Å². The number of carbonyl (C=O) groups is 1. The van der Waals surface area contributed by atoms with Gasteiger partial charge in [0.05, 0.1) is 26.5 Å². The molecule has 0 bridgehead atoms. The first-order chi connectivity index (χ1) is 8.95. The maximum Gasteiger partial charge on any atom is 0.336 e. The first kappa shape index (κ1) is 14.0. The van der Waals surface area contributed by atoms with Gasteiger partial charge in [0.1, 0.15) is 4.90 Å². The van der Waals surface area contributed by atoms with Gasteiger partial charge in [0.15, 0.2) is 6.10 Å². The summed E-state index contributed by atoms with van der Waals surface area (Å²) >= 11 is 0. The lowest BCUT2D eigenvalue weighted by molar-refractivity contribution is -0.157. The zero-order valence-corrected chi connectivity index (χ0v) is 11.5. The zero-order chi connectivity index (χ0) is 14.0. The molecule has 1 unspecified atom stereocenters. The van der Waals surface area contributed by atoms with Gasteiger partial charge >= 0.3 is 5.97 Å². The molecule has 8 nitrogen and oxygen atoms in total. The van der Waals surface area contributed by atoms with Crippen LogP contribution in [0.15, 0.2) is 17.3 Å². The van der Waals surface area contributed by atoms with E-state index >= 15 is 0 Å². The SMILES string of the molecule is COC(=O)C1CN(S(=O)(=O)c2cnn(C)c2)CCO1. The van der Waals surface area contributed by atoms with E-state index in [1.54, 1.807) is 7.05 Å². The minimum absolute atomic E-state index is 0.0517. The van der Waals surface area contributed by atoms with Gasteiger partial charge in [-0.1, -0.05) is 0 Å². The minimum Gasteiger partial charge on any atom is -0.467 e. The second-order valence-corrected chi connectivity index (χ2v) is 6.03. The first-order valence-corrected chi connectivity index (χ1v) is 7.07. The monoisotopic (exact) mass is 289 g/mol. The van der Waals surface area contributed by atoms with Crippen molar-refractivity contribution in [2.45, 2.75) is 11.0 Å². The summed E-state index contributed by atoms with van der Waals surface area (Å²) in [5.74, 6) is -0.578. The second kappa shape index (κ2) is 5.27. The average Bonchev–Trinajstić information content (AvgIpc) is 2.85. The number of esters is 1. The van der Waals surface area contributed by atoms with Crippen LogP contribution in [0.5, 0.6) is 0 Å². The molecule has 9 heteroatoms. The number of aromatic nitrogens is 2. The van der Waals surface area contributed by atoms with Crippen molar-refractivity contribution in [3.8, 4) is 0 Å². The number of hydrogen-bond donors (Lipinski definition) is 0. The number of carbonyl (C=O) groups excluding carboxylic acids is 1. The van der Waals surface area contributed by atoms with Crippen molar-refractivity contribution in [2.24, 2.45) is 7.05 Å². The molecular weight excluding hydrogens is 274 g/mol. The highest BCUT2D eigenvalue weighted by molar-refractivity contribution is 7.89. The predicted octanol–water partition coefficient (Wildman–Crippen LogP) is -1.02. The summed E-state index contributed by atoms with van der Waals surface area (Å²) in [7, 11) is -0.783. The number of methoxy groups -OCH3 is 1. The van der Waals surface area contributed by atoms with Crippen LogP contribution in [0.2, 0.25) is 0 Å². The van der Waals surface area contributed by atoms with Crippen LogP contribution in [0.3, 0.4) is 0 Å². The van der Waals surface area contributed by atoms with E-state index in [1.165, 1.54) is 28.5 Å². The predicted molar refractivity (Wildman–Crippen MR) is 63.7 cm³/mol. The largest absolute Gasteiger partial charge is 0.467 e. The smallest absolute Gasteiger partial charge is 0.336 e. The molecule has 1 saturated heterocycles. The third-order valence-corrected chi connectivity index (χ3v) is 4.63. The number of sulfonamides is 1. The molecule has 0 amide bonds. The Bertz CT molecular complexity index is 567. The third-order valence-electron chi connectivity index (χ3n) is 2.81. The van der Waals surface area contributed by atoms with E-state index in [1.807, 2.05) is 0 Å². The highest BCUT2D eigenvalue weighted by atomic mass is 32.2. The molecule has 1 aromatic rings. The molecule has 1 atom stereocenters. The quantitative estimate of drug-likeness (QED) is 0.662. The van der Waals surface area contributed by atoms with Gasteiger partial charge < -0.3 is 9.47 Å². The number of hydrogen-bond acceptors (Lipinski definition) is 6. The molecule has 106 valence electrons. The Hall–Kier alpha value is -1.45. The van der Waals surface area contributed by atoms with E-state index in [9.17, 15) is 13.2 Å². The van der Waals surface area contributed by atoms with E-state index in [0.717, 1.165) is 0 Å². The highest BCUT2D eigenvalue weighted by Gasteiger charge is 2.35. The molecule has 0 saturated carbocycles. The summed E-state index contributed by atoms with van der Waals surface area (Å²) in [6, 6.07) is 0. The van der Waals surface area contributed by atoms with E-state index in [-0.39, 0.29) is 24.6 Å². The van der Waals surface area contributed by atoms with Crippen LogP contribution < -0.4 is 0 Å². The molecule has 2 heterocycles. The van der Waals surface area contributed by atoms with Crippen LogP contribution >= 0.6 is 0 Å². The van der Waals surface area contributed by atoms with Gasteiger partial charge in [0.2, 0.25) is 10.0 Å². The number of nitrogens with zero attached hydrogens (tertiary/aromatic N) is 3. The van der Waals surface area contributed by atoms with Crippen LogP contribution in [-0.2, 0) is 31.3 Å². The maximum atomic E-state index is 12.3. The molecule has 1 aromatic heterocycles. The summed E-state index contributed by atoms with van der Waals surface area (Å²) in [4.78, 5) is 11.5. The Balaban J connectivity index is 2.19. The fourth-order valence-corrected chi connectivity index (χ4v) is 3.21. The average molecular weight is 289 g/mol. The Morgan fingerprint density at radius 1 is 1.58 bits per heavy atom. The van der Waals surface area contributed by atoms with Crippen molar-refractivity contribution in [1.29, 1.82) is 0 Å². The fraction of sp³-hybridized carbons (Fsp3) is 0.600. The van der Waals surface area contributed by atoms with Crippen molar-refractivity contribution in [2.75, 3.05) is 26.8 Å². The fourth-order valence-electron chi connectivity index (χ4n) is 1.80. The van der Waals surface area contributed by atoms with Crippen LogP contribution in [0.4, 0.5) is 0 Å². The lowest BCUT2D eigenvalue weighted by Gasteiger charge is -2.30. The van der Waals surface area contributed by atoms with Crippen molar-refractivity contribution < 1.29 is 22.7 Å². The van der Waals surface area contributed by atoms with Gasteiger partial charge in [-0.25, -0.2) is 13.2 Å². The summed E-state index contributed by atoms with van der Waals surface area (Å²) in [6.45, 7) is 0.299. The summed E-state index contributed by atoms with van der Waals surface area (Å²) in [6.07, 6.45) is 1.81. The van der Waals surface area contributed by atoms with Gasteiger partial charge in [-0.2, -0.15) is 9.40 Å². The van der Waals surface area contributed by atoms with E-state index in [4.69, 9.17) is 4.74 Å². The van der Waals surface area contributed by atoms with E-state index < -0.39 is 22.1 Å². The highest BCUT2D eigenvalue weighted by Crippen LogP contribution is 2.18. The molecule has 0 radical (unpaired) electrons. The van der Waals surface area contributed by atoms with Gasteiger partial charge in [-0.15, -0.1) is 0 Å². The molecule has 1 aliphatic rings. The van der Waals surface area contributed by atoms with Crippen LogP contribution in [0.1, 0.15) is 0 Å². The lowest BCUT2D eigenvalue weighted by Crippen LogP contribution is -2.48. The molecular formula is C10H15N3O5S. The Kier molecular flexibility index (Phi) is 3.88. The first-order valence-electron chi connectivity index (χ1n) is 5.63. The Labute approximate surface area is 110 Å². The molecule has 1 aliphatic heterocycles. The molecule has 0 aliphatic carbocycles. The number of ether oxygens (including phenoxy) is 2. The van der Waals surface area contributed by atoms with Crippen molar-refractivity contribution >= 4 is 16.0 Å². The van der Waals surface area contributed by atoms with Crippen molar-refractivity contribution in [3.05, 3.63) is 12.4 Å². The zero-order valence-electron chi connectivity index (χ0n) is 10.6. The Morgan fingerprint density at radius 2 is 2.32 bits per heavy atom. The molecule has 0 spiro atoms. The normalized spacial score (nSPS) is 21.3. The van der Waals surface area contributed by atoms with Crippen molar-refractivity contribution in [1.82, 2.24) is 14.1 Å². The number of aryl methyl sites for hydroxylation is 1. The van der Waals surface area contributed by atoms with Crippen LogP contribution in [-0.4, -0.2) is 61.4 Å². The van der Waals surface area contributed by atoms with Gasteiger partial charge in [-0.3, -0.25) is 4.68 Å². The molecule has 0 aromatic carbocycles. The number of morpholine rings is 1. The summed E-state index contributed by atoms with van der Waals surface area (Å²) < 4.78 is 37.0. The van der Waals surface area contributed by atoms with E-state index in [2.05, 4.69) is 9.84 Å². The maximum absolute atomic E-state index is 12.3. The molecule has 19 heavy (non-hydrogen) atoms. The van der Waals surface area contributed by atoms with E-state index in [0.29, 0.717) is 0 Å². The topological polar surface area (TPSA) is 90.7 Å². The molecule has 1 fully saturated rings. The second-order valence-electron chi connectivity index (χ2n) is 4.10. The lowest BCUT2D eigenvalue weighted by atomic mass is 10.3. The van der Waals surface area contributed by atoms with Crippen molar-refractivity contribution in [3.63, 3.8) is 0 Å². The van der Waals surface area contributed by atoms with Gasteiger partial charge in [0, 0.05) is 19.8 Å². The summed E-state index contributed by atoms with van der Waals surface area (Å²) in [5.41, 5.74) is 0. The molecule has 0 N–H and O–H groups in total. The number of rotatable bonds is 3. The van der Waals surface area contributed by atoms with Gasteiger partial charge in [0.25, 0.3) is 0 Å². The van der Waals surface area contributed by atoms with Crippen LogP contribution in [0, 0.1) is 0 Å². The minimum atomic E-state index is -3.65. The summed E-state index contributed by atoms with van der Waals surface area (Å²) in [5, 5.41) is 3.84. The Morgan fingerprint density at radius 3 is 2.89 bits per heavy atom.